The van der Waals surface area contributed by atoms with Crippen LogP contribution in [-0.2, 0) is 4.79 Å². The molecule has 0 aliphatic heterocycles. The molecule has 3 N–H and O–H groups in total. The molecule has 1 aliphatic carbocycles. The minimum Gasteiger partial charge on any atom is -0.368 e. The molecule has 1 aliphatic rings. The average molecular weight is 378 g/mol. The molecule has 0 aromatic heterocycles. The second-order valence-electron chi connectivity index (χ2n) is 6.63. The topological polar surface area (TPSA) is 72.2 Å². The Kier molecular flexibility index (Phi) is 4.39. The van der Waals surface area contributed by atoms with Gasteiger partial charge in [-0.2, -0.15) is 0 Å². The van der Waals surface area contributed by atoms with Crippen LogP contribution in [0, 0.1) is 11.6 Å². The zero-order chi connectivity index (χ0) is 19.8. The Morgan fingerprint density at radius 1 is 0.857 bits per heavy atom. The van der Waals surface area contributed by atoms with E-state index in [1.165, 1.54) is 0 Å². The van der Waals surface area contributed by atoms with Crippen LogP contribution in [0.2, 0.25) is 0 Å². The highest BCUT2D eigenvalue weighted by Crippen LogP contribution is 2.46. The summed E-state index contributed by atoms with van der Waals surface area (Å²) in [6, 6.07) is 16.9. The molecule has 1 atom stereocenters. The number of rotatable bonds is 4. The number of carbonyl (C=O) groups excluding carboxylic acids is 2. The van der Waals surface area contributed by atoms with Crippen LogP contribution >= 0.6 is 0 Å². The van der Waals surface area contributed by atoms with Gasteiger partial charge in [0.05, 0.1) is 0 Å². The van der Waals surface area contributed by atoms with Crippen molar-refractivity contribution in [1.82, 2.24) is 5.32 Å². The van der Waals surface area contributed by atoms with Crippen molar-refractivity contribution >= 4 is 11.8 Å². The van der Waals surface area contributed by atoms with Gasteiger partial charge in [0.25, 0.3) is 5.91 Å². The molecule has 6 heteroatoms. The molecule has 28 heavy (non-hydrogen) atoms. The van der Waals surface area contributed by atoms with Gasteiger partial charge in [-0.05, 0) is 40.5 Å². The van der Waals surface area contributed by atoms with Gasteiger partial charge in [-0.15, -0.1) is 0 Å². The maximum Gasteiger partial charge on any atom is 0.252 e. The number of halogens is 2. The lowest BCUT2D eigenvalue weighted by molar-refractivity contribution is -0.120. The Morgan fingerprint density at radius 2 is 1.43 bits per heavy atom. The zero-order valence-electron chi connectivity index (χ0n) is 14.7. The molecule has 0 saturated carbocycles. The number of benzene rings is 3. The summed E-state index contributed by atoms with van der Waals surface area (Å²) in [6.07, 6.45) is 0. The predicted octanol–water partition coefficient (Wildman–Crippen LogP) is 3.36. The fraction of sp³-hybridized carbons (Fsp3) is 0.0909. The first-order valence-electron chi connectivity index (χ1n) is 8.71. The van der Waals surface area contributed by atoms with Crippen LogP contribution in [0.4, 0.5) is 8.78 Å². The second-order valence-corrected chi connectivity index (χ2v) is 6.63. The summed E-state index contributed by atoms with van der Waals surface area (Å²) in [4.78, 5) is 24.9. The lowest BCUT2D eigenvalue weighted by atomic mass is 9.88. The molecular weight excluding hydrogens is 362 g/mol. The van der Waals surface area contributed by atoms with E-state index in [-0.39, 0.29) is 5.56 Å². The average Bonchev–Trinajstić information content (AvgIpc) is 3.02. The molecule has 0 bridgehead atoms. The van der Waals surface area contributed by atoms with Gasteiger partial charge in [0.15, 0.2) is 11.6 Å². The highest BCUT2D eigenvalue weighted by molar-refractivity contribution is 5.98. The molecule has 0 heterocycles. The van der Waals surface area contributed by atoms with E-state index < -0.39 is 35.4 Å². The molecule has 0 unspecified atom stereocenters. The number of amides is 2. The number of carbonyl (C=O) groups is 2. The minimum atomic E-state index is -1.14. The lowest BCUT2D eigenvalue weighted by Gasteiger charge is -2.24. The number of primary amides is 1. The largest absolute Gasteiger partial charge is 0.368 e. The van der Waals surface area contributed by atoms with Crippen LogP contribution < -0.4 is 11.1 Å². The Labute approximate surface area is 160 Å². The summed E-state index contributed by atoms with van der Waals surface area (Å²) < 4.78 is 26.6. The summed E-state index contributed by atoms with van der Waals surface area (Å²) in [7, 11) is 0. The maximum atomic E-state index is 13.5. The van der Waals surface area contributed by atoms with Gasteiger partial charge in [-0.1, -0.05) is 48.5 Å². The van der Waals surface area contributed by atoms with Crippen LogP contribution in [0.25, 0.3) is 11.1 Å². The third kappa shape index (κ3) is 2.93. The summed E-state index contributed by atoms with van der Waals surface area (Å²) in [5.74, 6) is -4.09. The first-order valence-corrected chi connectivity index (χ1v) is 8.71. The lowest BCUT2D eigenvalue weighted by Crippen LogP contribution is -2.48. The normalized spacial score (nSPS) is 13.5. The molecule has 4 nitrogen and oxygen atoms in total. The Bertz CT molecular complexity index is 1050. The Hall–Kier alpha value is -3.54. The van der Waals surface area contributed by atoms with Crippen molar-refractivity contribution in [2.45, 2.75) is 12.0 Å². The summed E-state index contributed by atoms with van der Waals surface area (Å²) >= 11 is 0. The van der Waals surface area contributed by atoms with E-state index in [2.05, 4.69) is 5.32 Å². The van der Waals surface area contributed by atoms with E-state index in [1.54, 1.807) is 0 Å². The van der Waals surface area contributed by atoms with E-state index in [0.29, 0.717) is 0 Å². The van der Waals surface area contributed by atoms with E-state index >= 15 is 0 Å². The van der Waals surface area contributed by atoms with E-state index in [1.807, 2.05) is 48.5 Å². The first kappa shape index (κ1) is 17.9. The SMILES string of the molecule is NC(=O)[C@H](NC(=O)c1ccc(F)c(F)c1)C1c2ccccc2-c2ccccc21. The highest BCUT2D eigenvalue weighted by atomic mass is 19.2. The van der Waals surface area contributed by atoms with E-state index in [0.717, 1.165) is 40.5 Å². The van der Waals surface area contributed by atoms with Crippen molar-refractivity contribution in [3.63, 3.8) is 0 Å². The van der Waals surface area contributed by atoms with Crippen LogP contribution in [0.1, 0.15) is 27.4 Å². The third-order valence-electron chi connectivity index (χ3n) is 4.99. The van der Waals surface area contributed by atoms with Crippen LogP contribution in [-0.4, -0.2) is 17.9 Å². The number of hydrogen-bond acceptors (Lipinski definition) is 2. The number of hydrogen-bond donors (Lipinski definition) is 2. The third-order valence-corrected chi connectivity index (χ3v) is 4.99. The van der Waals surface area contributed by atoms with Crippen LogP contribution in [0.3, 0.4) is 0 Å². The molecule has 3 aromatic carbocycles. The monoisotopic (exact) mass is 378 g/mol. The molecule has 2 amide bonds. The van der Waals surface area contributed by atoms with Gasteiger partial charge < -0.3 is 11.1 Å². The zero-order valence-corrected chi connectivity index (χ0v) is 14.7. The van der Waals surface area contributed by atoms with Gasteiger partial charge in [-0.25, -0.2) is 8.78 Å². The quantitative estimate of drug-likeness (QED) is 0.731. The number of nitrogens with two attached hydrogens (primary N) is 1. The summed E-state index contributed by atoms with van der Waals surface area (Å²) in [5.41, 5.74) is 9.21. The Morgan fingerprint density at radius 3 is 1.96 bits per heavy atom. The summed E-state index contributed by atoms with van der Waals surface area (Å²) in [5, 5.41) is 2.60. The molecule has 0 spiro atoms. The van der Waals surface area contributed by atoms with Crippen molar-refractivity contribution in [2.75, 3.05) is 0 Å². The van der Waals surface area contributed by atoms with Crippen molar-refractivity contribution in [2.24, 2.45) is 5.73 Å². The standard InChI is InChI=1S/C22H16F2N2O2/c23-17-10-9-12(11-18(17)24)22(28)26-20(21(25)27)19-15-7-3-1-5-13(15)14-6-2-4-8-16(14)19/h1-11,19-20H,(H2,25,27)(H,26,28)/t20-/m1/s1. The highest BCUT2D eigenvalue weighted by Gasteiger charge is 2.38. The molecule has 3 aromatic rings. The second kappa shape index (κ2) is 6.88. The number of nitrogens with one attached hydrogen (secondary N) is 1. The van der Waals surface area contributed by atoms with Gasteiger partial charge >= 0.3 is 0 Å². The van der Waals surface area contributed by atoms with E-state index in [9.17, 15) is 18.4 Å². The van der Waals surface area contributed by atoms with Gasteiger partial charge in [-0.3, -0.25) is 9.59 Å². The van der Waals surface area contributed by atoms with Crippen molar-refractivity contribution in [3.8, 4) is 11.1 Å². The molecule has 4 rings (SSSR count). The smallest absolute Gasteiger partial charge is 0.252 e. The van der Waals surface area contributed by atoms with Crippen molar-refractivity contribution in [3.05, 3.63) is 95.1 Å². The fourth-order valence-corrected chi connectivity index (χ4v) is 3.73. The first-order chi connectivity index (χ1) is 13.5. The molecule has 140 valence electrons. The van der Waals surface area contributed by atoms with Gasteiger partial charge in [0.2, 0.25) is 5.91 Å². The molecular formula is C22H16F2N2O2. The van der Waals surface area contributed by atoms with Crippen LogP contribution in [0.5, 0.6) is 0 Å². The maximum absolute atomic E-state index is 13.5. The molecule has 0 saturated heterocycles. The minimum absolute atomic E-state index is 0.0929. The summed E-state index contributed by atoms with van der Waals surface area (Å²) in [6.45, 7) is 0. The van der Waals surface area contributed by atoms with Crippen LogP contribution in [0.15, 0.2) is 66.7 Å². The molecule has 0 radical (unpaired) electrons. The van der Waals surface area contributed by atoms with Gasteiger partial charge in [0, 0.05) is 11.5 Å². The Balaban J connectivity index is 1.73. The van der Waals surface area contributed by atoms with E-state index in [4.69, 9.17) is 5.73 Å². The number of fused-ring (bicyclic) bond motifs is 3. The van der Waals surface area contributed by atoms with Gasteiger partial charge in [0.1, 0.15) is 6.04 Å². The fourth-order valence-electron chi connectivity index (χ4n) is 3.73. The predicted molar refractivity (Wildman–Crippen MR) is 101 cm³/mol. The van der Waals surface area contributed by atoms with Crippen molar-refractivity contribution in [1.29, 1.82) is 0 Å². The molecule has 0 fully saturated rings. The van der Waals surface area contributed by atoms with Crippen molar-refractivity contribution < 1.29 is 18.4 Å².